The molecule has 0 aliphatic carbocycles. The van der Waals surface area contributed by atoms with Crippen LogP contribution in [-0.2, 0) is 15.6 Å². The van der Waals surface area contributed by atoms with E-state index < -0.39 is 5.91 Å². The Kier molecular flexibility index (Phi) is 6.31. The van der Waals surface area contributed by atoms with E-state index >= 15 is 0 Å². The second-order valence-corrected chi connectivity index (χ2v) is 9.43. The van der Waals surface area contributed by atoms with Crippen LogP contribution in [0.5, 0.6) is 5.75 Å². The lowest BCUT2D eigenvalue weighted by Crippen LogP contribution is -2.43. The fraction of sp³-hybridized carbons (Fsp3) is 0.429. The summed E-state index contributed by atoms with van der Waals surface area (Å²) >= 11 is 1.31. The molecular formula is C21H28N2O3S. The summed E-state index contributed by atoms with van der Waals surface area (Å²) in [7, 11) is 0. The zero-order valence-electron chi connectivity index (χ0n) is 16.8. The number of thiophene rings is 1. The van der Waals surface area contributed by atoms with Crippen molar-refractivity contribution in [2.45, 2.75) is 52.4 Å². The van der Waals surface area contributed by atoms with Gasteiger partial charge in [-0.25, -0.2) is 0 Å². The fourth-order valence-electron chi connectivity index (χ4n) is 2.48. The van der Waals surface area contributed by atoms with Gasteiger partial charge in [0.25, 0.3) is 11.8 Å². The fourth-order valence-corrected chi connectivity index (χ4v) is 3.10. The molecule has 0 spiro atoms. The van der Waals surface area contributed by atoms with Crippen molar-refractivity contribution < 1.29 is 14.3 Å². The van der Waals surface area contributed by atoms with Gasteiger partial charge in [0.2, 0.25) is 0 Å². The topological polar surface area (TPSA) is 67.4 Å². The Hall–Kier alpha value is -2.34. The number of hydrogen-bond donors (Lipinski definition) is 2. The maximum Gasteiger partial charge on any atom is 0.279 e. The van der Waals surface area contributed by atoms with Crippen molar-refractivity contribution in [2.24, 2.45) is 0 Å². The van der Waals surface area contributed by atoms with Crippen molar-refractivity contribution in [3.8, 4) is 5.75 Å². The van der Waals surface area contributed by atoms with E-state index in [1.54, 1.807) is 17.5 Å². The molecule has 5 nitrogen and oxygen atoms in total. The highest BCUT2D eigenvalue weighted by Gasteiger charge is 2.23. The number of hydrazine groups is 1. The number of carbonyl (C=O) groups is 2. The highest BCUT2D eigenvalue weighted by atomic mass is 32.1. The summed E-state index contributed by atoms with van der Waals surface area (Å²) in [6.07, 6.45) is 0. The quantitative estimate of drug-likeness (QED) is 0.772. The van der Waals surface area contributed by atoms with Gasteiger partial charge < -0.3 is 4.74 Å². The van der Waals surface area contributed by atoms with Crippen LogP contribution in [0, 0.1) is 0 Å². The van der Waals surface area contributed by atoms with E-state index in [0.717, 1.165) is 5.56 Å². The van der Waals surface area contributed by atoms with Crippen LogP contribution in [0.4, 0.5) is 0 Å². The Morgan fingerprint density at radius 3 is 2.26 bits per heavy atom. The van der Waals surface area contributed by atoms with Crippen molar-refractivity contribution in [2.75, 3.05) is 6.61 Å². The maximum absolute atomic E-state index is 12.0. The molecule has 0 atom stereocenters. The molecule has 146 valence electrons. The van der Waals surface area contributed by atoms with Crippen molar-refractivity contribution >= 4 is 23.2 Å². The third kappa shape index (κ3) is 5.82. The molecule has 6 heteroatoms. The maximum atomic E-state index is 12.0. The van der Waals surface area contributed by atoms with Gasteiger partial charge in [0, 0.05) is 0 Å². The second-order valence-electron chi connectivity index (χ2n) is 8.48. The van der Waals surface area contributed by atoms with Gasteiger partial charge in [-0.1, -0.05) is 59.7 Å². The van der Waals surface area contributed by atoms with Crippen LogP contribution < -0.4 is 15.6 Å². The number of ether oxygens (including phenoxy) is 1. The zero-order chi connectivity index (χ0) is 20.2. The lowest BCUT2D eigenvalue weighted by molar-refractivity contribution is -0.123. The van der Waals surface area contributed by atoms with E-state index in [1.165, 1.54) is 16.9 Å². The number of nitrogens with one attached hydrogen (secondary N) is 2. The summed E-state index contributed by atoms with van der Waals surface area (Å²) in [5, 5.41) is 1.80. The number of benzene rings is 1. The lowest BCUT2D eigenvalue weighted by atomic mass is 9.80. The summed E-state index contributed by atoms with van der Waals surface area (Å²) in [4.78, 5) is 24.4. The molecule has 2 amide bonds. The van der Waals surface area contributed by atoms with E-state index in [-0.39, 0.29) is 23.3 Å². The molecule has 1 aromatic heterocycles. The minimum absolute atomic E-state index is 0.0297. The molecule has 0 fully saturated rings. The van der Waals surface area contributed by atoms with Crippen LogP contribution in [-0.4, -0.2) is 18.4 Å². The van der Waals surface area contributed by atoms with Crippen LogP contribution in [0.3, 0.4) is 0 Å². The first-order valence-corrected chi connectivity index (χ1v) is 9.77. The Bertz CT molecular complexity index is 800. The van der Waals surface area contributed by atoms with Gasteiger partial charge in [0.1, 0.15) is 5.75 Å². The molecule has 0 saturated carbocycles. The second kappa shape index (κ2) is 8.13. The van der Waals surface area contributed by atoms with Gasteiger partial charge in [-0.05, 0) is 39.5 Å². The predicted octanol–water partition coefficient (Wildman–Crippen LogP) is 4.18. The third-order valence-electron chi connectivity index (χ3n) is 4.07. The monoisotopic (exact) mass is 388 g/mol. The van der Waals surface area contributed by atoms with E-state index in [1.807, 2.05) is 12.1 Å². The Morgan fingerprint density at radius 2 is 1.70 bits per heavy atom. The number of rotatable bonds is 4. The number of carbonyl (C=O) groups excluding carboxylic acids is 2. The summed E-state index contributed by atoms with van der Waals surface area (Å²) in [6.45, 7) is 12.7. The molecule has 0 radical (unpaired) electrons. The normalized spacial score (nSPS) is 11.8. The van der Waals surface area contributed by atoms with Crippen molar-refractivity contribution in [1.29, 1.82) is 0 Å². The standard InChI is InChI=1S/C21H28N2O3S/c1-20(2,3)14-9-10-16(15(12-14)21(4,5)6)26-13-18(24)22-23-19(25)17-8-7-11-27-17/h7-12H,13H2,1-6H3,(H,22,24)(H,23,25). The molecular weight excluding hydrogens is 360 g/mol. The average Bonchev–Trinajstić information content (AvgIpc) is 3.10. The van der Waals surface area contributed by atoms with Crippen LogP contribution in [0.25, 0.3) is 0 Å². The minimum Gasteiger partial charge on any atom is -0.483 e. The van der Waals surface area contributed by atoms with E-state index in [0.29, 0.717) is 10.6 Å². The van der Waals surface area contributed by atoms with E-state index in [2.05, 4.69) is 58.5 Å². The van der Waals surface area contributed by atoms with Gasteiger partial charge in [-0.15, -0.1) is 11.3 Å². The number of amides is 2. The van der Waals surface area contributed by atoms with Crippen molar-refractivity contribution in [1.82, 2.24) is 10.9 Å². The van der Waals surface area contributed by atoms with Gasteiger partial charge in [0.15, 0.2) is 6.61 Å². The van der Waals surface area contributed by atoms with Crippen molar-refractivity contribution in [3.63, 3.8) is 0 Å². The molecule has 2 rings (SSSR count). The van der Waals surface area contributed by atoms with Gasteiger partial charge in [-0.3, -0.25) is 20.4 Å². The summed E-state index contributed by atoms with van der Waals surface area (Å²) in [6, 6.07) is 9.56. The Morgan fingerprint density at radius 1 is 1.00 bits per heavy atom. The Balaban J connectivity index is 2.02. The van der Waals surface area contributed by atoms with Gasteiger partial charge in [0.05, 0.1) is 4.88 Å². The summed E-state index contributed by atoms with van der Waals surface area (Å²) < 4.78 is 5.76. The van der Waals surface area contributed by atoms with Crippen LogP contribution >= 0.6 is 11.3 Å². The van der Waals surface area contributed by atoms with Crippen LogP contribution in [0.1, 0.15) is 62.3 Å². The first-order valence-electron chi connectivity index (χ1n) is 8.89. The van der Waals surface area contributed by atoms with Gasteiger partial charge in [-0.2, -0.15) is 0 Å². The molecule has 0 saturated heterocycles. The Labute approximate surface area is 165 Å². The van der Waals surface area contributed by atoms with Crippen molar-refractivity contribution in [3.05, 3.63) is 51.7 Å². The largest absolute Gasteiger partial charge is 0.483 e. The van der Waals surface area contributed by atoms with Crippen LogP contribution in [0.2, 0.25) is 0 Å². The number of hydrogen-bond acceptors (Lipinski definition) is 4. The highest BCUT2D eigenvalue weighted by Crippen LogP contribution is 2.35. The molecule has 1 aromatic carbocycles. The molecule has 0 aliphatic heterocycles. The van der Waals surface area contributed by atoms with E-state index in [9.17, 15) is 9.59 Å². The summed E-state index contributed by atoms with van der Waals surface area (Å²) in [5.74, 6) is -0.0850. The molecule has 0 bridgehead atoms. The smallest absolute Gasteiger partial charge is 0.279 e. The van der Waals surface area contributed by atoms with E-state index in [4.69, 9.17) is 4.74 Å². The molecule has 0 unspecified atom stereocenters. The summed E-state index contributed by atoms with van der Waals surface area (Å²) in [5.41, 5.74) is 6.93. The first kappa shape index (κ1) is 21.0. The highest BCUT2D eigenvalue weighted by molar-refractivity contribution is 7.12. The molecule has 2 N–H and O–H groups in total. The molecule has 27 heavy (non-hydrogen) atoms. The SMILES string of the molecule is CC(C)(C)c1ccc(OCC(=O)NNC(=O)c2cccs2)c(C(C)(C)C)c1. The predicted molar refractivity (Wildman–Crippen MR) is 109 cm³/mol. The van der Waals surface area contributed by atoms with Crippen LogP contribution in [0.15, 0.2) is 35.7 Å². The van der Waals surface area contributed by atoms with Gasteiger partial charge >= 0.3 is 0 Å². The molecule has 2 aromatic rings. The average molecular weight is 389 g/mol. The molecule has 1 heterocycles. The molecule has 0 aliphatic rings. The minimum atomic E-state index is -0.417. The zero-order valence-corrected chi connectivity index (χ0v) is 17.6. The lowest BCUT2D eigenvalue weighted by Gasteiger charge is -2.27. The third-order valence-corrected chi connectivity index (χ3v) is 4.94. The first-order chi connectivity index (χ1) is 12.5.